The maximum absolute atomic E-state index is 13.3. The number of rotatable bonds is 4. The molecule has 0 radical (unpaired) electrons. The highest BCUT2D eigenvalue weighted by Gasteiger charge is 2.48. The molecule has 0 bridgehead atoms. The molecule has 3 aromatic rings. The van der Waals surface area contributed by atoms with Crippen LogP contribution < -0.4 is 9.64 Å². The van der Waals surface area contributed by atoms with E-state index < -0.39 is 17.7 Å². The zero-order valence-corrected chi connectivity index (χ0v) is 18.8. The number of benzene rings is 3. The highest BCUT2D eigenvalue weighted by molar-refractivity contribution is 6.52. The average molecular weight is 468 g/mol. The van der Waals surface area contributed by atoms with Gasteiger partial charge in [-0.2, -0.15) is 0 Å². The molecule has 1 aliphatic heterocycles. The summed E-state index contributed by atoms with van der Waals surface area (Å²) in [5.41, 5.74) is 2.17. The Bertz CT molecular complexity index is 1270. The molecular weight excluding hydrogens is 449 g/mol. The largest absolute Gasteiger partial charge is 0.507 e. The Labute approximate surface area is 195 Å². The van der Waals surface area contributed by atoms with Crippen molar-refractivity contribution in [3.8, 4) is 5.75 Å². The van der Waals surface area contributed by atoms with Crippen LogP contribution in [0.2, 0.25) is 10.0 Å². The Morgan fingerprint density at radius 3 is 2.34 bits per heavy atom. The minimum atomic E-state index is -0.901. The Morgan fingerprint density at radius 1 is 0.969 bits per heavy atom. The maximum Gasteiger partial charge on any atom is 0.300 e. The van der Waals surface area contributed by atoms with Crippen LogP contribution in [0.3, 0.4) is 0 Å². The third kappa shape index (κ3) is 3.64. The number of amides is 1. The van der Waals surface area contributed by atoms with Crippen molar-refractivity contribution in [3.05, 3.63) is 99.0 Å². The smallest absolute Gasteiger partial charge is 0.300 e. The van der Waals surface area contributed by atoms with Crippen LogP contribution in [-0.4, -0.2) is 23.9 Å². The van der Waals surface area contributed by atoms with E-state index in [4.69, 9.17) is 27.9 Å². The number of carbonyl (C=O) groups is 2. The number of anilines is 1. The zero-order valence-electron chi connectivity index (χ0n) is 17.3. The predicted molar refractivity (Wildman–Crippen MR) is 125 cm³/mol. The summed E-state index contributed by atoms with van der Waals surface area (Å²) in [6, 6.07) is 18.0. The van der Waals surface area contributed by atoms with Gasteiger partial charge in [-0.1, -0.05) is 59.6 Å². The molecule has 3 aromatic carbocycles. The summed E-state index contributed by atoms with van der Waals surface area (Å²) in [6.45, 7) is 1.85. The van der Waals surface area contributed by atoms with Gasteiger partial charge in [-0.25, -0.2) is 0 Å². The molecule has 1 unspecified atom stereocenters. The van der Waals surface area contributed by atoms with E-state index in [1.807, 2.05) is 19.1 Å². The van der Waals surface area contributed by atoms with E-state index in [1.54, 1.807) is 42.5 Å². The third-order valence-corrected chi connectivity index (χ3v) is 6.18. The molecule has 1 fully saturated rings. The molecule has 162 valence electrons. The van der Waals surface area contributed by atoms with Crippen molar-refractivity contribution in [3.63, 3.8) is 0 Å². The summed E-state index contributed by atoms with van der Waals surface area (Å²) in [6.07, 6.45) is 0. The first-order valence-corrected chi connectivity index (χ1v) is 10.6. The van der Waals surface area contributed by atoms with Gasteiger partial charge >= 0.3 is 0 Å². The lowest BCUT2D eigenvalue weighted by molar-refractivity contribution is -0.132. The number of nitrogens with zero attached hydrogens (tertiary/aromatic N) is 1. The van der Waals surface area contributed by atoms with Crippen molar-refractivity contribution in [2.45, 2.75) is 13.0 Å². The minimum absolute atomic E-state index is 0.0545. The molecule has 7 heteroatoms. The van der Waals surface area contributed by atoms with Crippen molar-refractivity contribution in [1.82, 2.24) is 0 Å². The molecule has 1 atom stereocenters. The van der Waals surface area contributed by atoms with Crippen LogP contribution in [0.15, 0.2) is 72.3 Å². The molecule has 1 heterocycles. The molecule has 1 N–H and O–H groups in total. The molecule has 1 saturated heterocycles. The molecule has 1 amide bonds. The Kier molecular flexibility index (Phi) is 5.96. The zero-order chi connectivity index (χ0) is 23.0. The Balaban J connectivity index is 2.01. The Morgan fingerprint density at radius 2 is 1.66 bits per heavy atom. The number of aliphatic hydroxyl groups excluding tert-OH is 1. The predicted octanol–water partition coefficient (Wildman–Crippen LogP) is 5.94. The number of ketones is 1. The lowest BCUT2D eigenvalue weighted by Gasteiger charge is -2.27. The molecule has 1 aliphatic rings. The maximum atomic E-state index is 13.3. The number of aryl methyl sites for hydroxylation is 1. The second-order valence-electron chi connectivity index (χ2n) is 7.33. The van der Waals surface area contributed by atoms with Crippen molar-refractivity contribution in [1.29, 1.82) is 0 Å². The number of hydrogen-bond acceptors (Lipinski definition) is 4. The SMILES string of the molecule is COc1ccccc1C1/C(=C(\O)c2ccc(Cl)c(Cl)c2)C(=O)C(=O)N1c1ccccc1C. The van der Waals surface area contributed by atoms with E-state index in [-0.39, 0.29) is 21.9 Å². The summed E-state index contributed by atoms with van der Waals surface area (Å²) in [5, 5.41) is 11.7. The summed E-state index contributed by atoms with van der Waals surface area (Å²) in [7, 11) is 1.51. The van der Waals surface area contributed by atoms with Gasteiger partial charge in [0.1, 0.15) is 11.5 Å². The third-order valence-electron chi connectivity index (χ3n) is 5.45. The van der Waals surface area contributed by atoms with Crippen LogP contribution in [-0.2, 0) is 9.59 Å². The van der Waals surface area contributed by atoms with E-state index in [1.165, 1.54) is 24.1 Å². The molecule has 0 spiro atoms. The second kappa shape index (κ2) is 8.69. The van der Waals surface area contributed by atoms with Gasteiger partial charge in [0.05, 0.1) is 28.8 Å². The van der Waals surface area contributed by atoms with Gasteiger partial charge in [-0.05, 0) is 42.8 Å². The van der Waals surface area contributed by atoms with E-state index in [0.29, 0.717) is 22.0 Å². The van der Waals surface area contributed by atoms with E-state index >= 15 is 0 Å². The fourth-order valence-corrected chi connectivity index (χ4v) is 4.20. The van der Waals surface area contributed by atoms with Gasteiger partial charge in [-0.15, -0.1) is 0 Å². The van der Waals surface area contributed by atoms with Gasteiger partial charge < -0.3 is 9.84 Å². The molecule has 4 rings (SSSR count). The summed E-state index contributed by atoms with van der Waals surface area (Å²) < 4.78 is 5.52. The summed E-state index contributed by atoms with van der Waals surface area (Å²) in [5.74, 6) is -1.39. The van der Waals surface area contributed by atoms with Crippen LogP contribution in [0.4, 0.5) is 5.69 Å². The highest BCUT2D eigenvalue weighted by atomic mass is 35.5. The lowest BCUT2D eigenvalue weighted by atomic mass is 9.94. The average Bonchev–Trinajstić information content (AvgIpc) is 3.05. The van der Waals surface area contributed by atoms with Crippen LogP contribution in [0.25, 0.3) is 5.76 Å². The van der Waals surface area contributed by atoms with E-state index in [0.717, 1.165) is 5.56 Å². The number of carbonyl (C=O) groups excluding carboxylic acids is 2. The first-order valence-electron chi connectivity index (χ1n) is 9.80. The van der Waals surface area contributed by atoms with E-state index in [2.05, 4.69) is 0 Å². The standard InChI is InChI=1S/C25H19Cl2NO4/c1-14-7-3-5-9-19(14)28-22(16-8-4-6-10-20(16)32-2)21(24(30)25(28)31)23(29)15-11-12-17(26)18(27)13-15/h3-13,22,29H,1-2H3/b23-21+. The van der Waals surface area contributed by atoms with E-state index in [9.17, 15) is 14.7 Å². The number of para-hydroxylation sites is 2. The summed E-state index contributed by atoms with van der Waals surface area (Å²) >= 11 is 12.1. The van der Waals surface area contributed by atoms with Gasteiger partial charge in [0.15, 0.2) is 0 Å². The minimum Gasteiger partial charge on any atom is -0.507 e. The lowest BCUT2D eigenvalue weighted by Crippen LogP contribution is -2.30. The van der Waals surface area contributed by atoms with Crippen molar-refractivity contribution >= 4 is 46.3 Å². The molecule has 32 heavy (non-hydrogen) atoms. The first kappa shape index (κ1) is 21.9. The van der Waals surface area contributed by atoms with Crippen molar-refractivity contribution < 1.29 is 19.4 Å². The number of aliphatic hydroxyl groups is 1. The fraction of sp³-hybridized carbons (Fsp3) is 0.120. The second-order valence-corrected chi connectivity index (χ2v) is 8.14. The van der Waals surface area contributed by atoms with Crippen LogP contribution >= 0.6 is 23.2 Å². The highest BCUT2D eigenvalue weighted by Crippen LogP contribution is 2.45. The normalized spacial score (nSPS) is 17.6. The molecule has 0 aliphatic carbocycles. The van der Waals surface area contributed by atoms with Crippen molar-refractivity contribution in [2.24, 2.45) is 0 Å². The van der Waals surface area contributed by atoms with Crippen LogP contribution in [0, 0.1) is 6.92 Å². The molecule has 5 nitrogen and oxygen atoms in total. The van der Waals surface area contributed by atoms with Gasteiger partial charge in [0.2, 0.25) is 0 Å². The first-order chi connectivity index (χ1) is 15.3. The number of hydrogen-bond donors (Lipinski definition) is 1. The number of halogens is 2. The molecular formula is C25H19Cl2NO4. The quantitative estimate of drug-likeness (QED) is 0.293. The van der Waals surface area contributed by atoms with Crippen LogP contribution in [0.1, 0.15) is 22.7 Å². The topological polar surface area (TPSA) is 66.8 Å². The van der Waals surface area contributed by atoms with Crippen molar-refractivity contribution in [2.75, 3.05) is 12.0 Å². The van der Waals surface area contributed by atoms with Crippen LogP contribution in [0.5, 0.6) is 5.75 Å². The molecule has 0 saturated carbocycles. The summed E-state index contributed by atoms with van der Waals surface area (Å²) in [4.78, 5) is 27.9. The van der Waals surface area contributed by atoms with Gasteiger partial charge in [0.25, 0.3) is 11.7 Å². The fourth-order valence-electron chi connectivity index (χ4n) is 3.90. The molecule has 0 aromatic heterocycles. The monoisotopic (exact) mass is 467 g/mol. The number of ether oxygens (including phenoxy) is 1. The number of methoxy groups -OCH3 is 1. The van der Waals surface area contributed by atoms with Gasteiger partial charge in [0, 0.05) is 16.8 Å². The number of Topliss-reactive ketones (excluding diaryl/α,β-unsaturated/α-hetero) is 1. The Hall–Kier alpha value is -3.28. The van der Waals surface area contributed by atoms with Gasteiger partial charge in [-0.3, -0.25) is 14.5 Å².